The van der Waals surface area contributed by atoms with Crippen LogP contribution in [-0.2, 0) is 24.0 Å². The Kier molecular flexibility index (Phi) is 8.43. The van der Waals surface area contributed by atoms with E-state index in [4.69, 9.17) is 0 Å². The number of rotatable bonds is 8. The average Bonchev–Trinajstić information content (AvgIpc) is 3.17. The highest BCUT2D eigenvalue weighted by atomic mass is 32.2. The van der Waals surface area contributed by atoms with Gasteiger partial charge in [0.25, 0.3) is 0 Å². The number of aliphatic carboxylic acids is 2. The van der Waals surface area contributed by atoms with Gasteiger partial charge in [-0.2, -0.15) is 0 Å². The summed E-state index contributed by atoms with van der Waals surface area (Å²) >= 11 is 1.06. The Morgan fingerprint density at radius 2 is 1.73 bits per heavy atom. The molecule has 2 saturated heterocycles. The highest BCUT2D eigenvalue weighted by molar-refractivity contribution is 8.01. The van der Waals surface area contributed by atoms with Gasteiger partial charge in [0, 0.05) is 24.4 Å². The summed E-state index contributed by atoms with van der Waals surface area (Å²) in [5, 5.41) is 25.9. The molecule has 2 aliphatic rings. The van der Waals surface area contributed by atoms with Gasteiger partial charge in [-0.1, -0.05) is 30.3 Å². The van der Waals surface area contributed by atoms with Gasteiger partial charge in [-0.15, -0.1) is 11.8 Å². The smallest absolute Gasteiger partial charge is 0.328 e. The van der Waals surface area contributed by atoms with E-state index in [1.165, 1.54) is 17.0 Å². The molecule has 13 nitrogen and oxygen atoms in total. The number of carbonyl (C=O) groups excluding carboxylic acids is 4. The second-order valence-corrected chi connectivity index (χ2v) is 10.8. The van der Waals surface area contributed by atoms with Crippen LogP contribution in [0.5, 0.6) is 0 Å². The fourth-order valence-electron chi connectivity index (χ4n) is 4.15. The highest BCUT2D eigenvalue weighted by Crippen LogP contribution is 2.39. The fraction of sp³-hybridized carbons (Fsp3) is 0.478. The van der Waals surface area contributed by atoms with Gasteiger partial charge in [-0.25, -0.2) is 9.59 Å². The molecule has 200 valence electrons. The predicted molar refractivity (Wildman–Crippen MR) is 131 cm³/mol. The summed E-state index contributed by atoms with van der Waals surface area (Å²) in [5.74, 6) is -5.33. The Morgan fingerprint density at radius 1 is 1.08 bits per heavy atom. The van der Waals surface area contributed by atoms with Gasteiger partial charge < -0.3 is 25.7 Å². The van der Waals surface area contributed by atoms with E-state index in [0.717, 1.165) is 11.8 Å². The molecule has 0 saturated carbocycles. The zero-order chi connectivity index (χ0) is 27.5. The highest BCUT2D eigenvalue weighted by Gasteiger charge is 2.50. The van der Waals surface area contributed by atoms with Crippen LogP contribution in [0, 0.1) is 0 Å². The molecule has 2 aliphatic heterocycles. The number of carboxylic acid groups (broad SMARTS) is 2. The topological polar surface area (TPSA) is 185 Å². The summed E-state index contributed by atoms with van der Waals surface area (Å²) in [5.41, 5.74) is 0.305. The third-order valence-electron chi connectivity index (χ3n) is 6.17. The van der Waals surface area contributed by atoms with Crippen molar-refractivity contribution in [3.05, 3.63) is 35.9 Å². The van der Waals surface area contributed by atoms with Crippen LogP contribution in [0.2, 0.25) is 0 Å². The summed E-state index contributed by atoms with van der Waals surface area (Å²) in [6.07, 6.45) is 0. The summed E-state index contributed by atoms with van der Waals surface area (Å²) in [4.78, 5) is 76.7. The molecule has 0 radical (unpaired) electrons. The number of amides is 5. The predicted octanol–water partition coefficient (Wildman–Crippen LogP) is -0.408. The quantitative estimate of drug-likeness (QED) is 0.274. The number of hydrogen-bond acceptors (Lipinski definition) is 8. The number of carbonyl (C=O) groups is 6. The zero-order valence-corrected chi connectivity index (χ0v) is 21.3. The number of nitrogens with zero attached hydrogens (tertiary/aromatic N) is 2. The van der Waals surface area contributed by atoms with Gasteiger partial charge in [0.1, 0.15) is 12.1 Å². The van der Waals surface area contributed by atoms with Crippen LogP contribution in [0.25, 0.3) is 0 Å². The number of carboxylic acids is 2. The van der Waals surface area contributed by atoms with Crippen LogP contribution in [-0.4, -0.2) is 97.5 Å². The van der Waals surface area contributed by atoms with Gasteiger partial charge in [-0.05, 0) is 26.3 Å². The summed E-state index contributed by atoms with van der Waals surface area (Å²) in [6.45, 7) is 5.37. The van der Waals surface area contributed by atoms with Crippen molar-refractivity contribution in [2.75, 3.05) is 19.6 Å². The van der Waals surface area contributed by atoms with Crippen LogP contribution in [0.15, 0.2) is 30.3 Å². The van der Waals surface area contributed by atoms with E-state index in [1.54, 1.807) is 39.0 Å². The van der Waals surface area contributed by atoms with E-state index < -0.39 is 63.9 Å². The Labute approximate surface area is 216 Å². The largest absolute Gasteiger partial charge is 0.480 e. The maximum absolute atomic E-state index is 13.3. The molecular weight excluding hydrogens is 506 g/mol. The lowest BCUT2D eigenvalue weighted by Gasteiger charge is -2.33. The lowest BCUT2D eigenvalue weighted by Crippen LogP contribution is -2.60. The monoisotopic (exact) mass is 535 g/mol. The third kappa shape index (κ3) is 6.02. The van der Waals surface area contributed by atoms with Gasteiger partial charge in [-0.3, -0.25) is 29.4 Å². The lowest BCUT2D eigenvalue weighted by atomic mass is 10.0. The van der Waals surface area contributed by atoms with E-state index in [1.807, 2.05) is 0 Å². The van der Waals surface area contributed by atoms with Gasteiger partial charge >= 0.3 is 29.8 Å². The van der Waals surface area contributed by atoms with E-state index >= 15 is 0 Å². The van der Waals surface area contributed by atoms with Crippen molar-refractivity contribution >= 4 is 47.5 Å². The average molecular weight is 536 g/mol. The molecular formula is C23H29N5O8S. The Bertz CT molecular complexity index is 1100. The number of likely N-dealkylation sites (N-methyl/N-ethyl adjacent to an activating group) is 1. The van der Waals surface area contributed by atoms with Crippen molar-refractivity contribution in [1.29, 1.82) is 0 Å². The number of benzene rings is 1. The zero-order valence-electron chi connectivity index (χ0n) is 20.5. The van der Waals surface area contributed by atoms with E-state index in [-0.39, 0.29) is 13.1 Å². The first-order valence-electron chi connectivity index (χ1n) is 11.5. The fourth-order valence-corrected chi connectivity index (χ4v) is 5.63. The van der Waals surface area contributed by atoms with Crippen molar-refractivity contribution in [3.63, 3.8) is 0 Å². The molecule has 0 aliphatic carbocycles. The molecule has 4 atom stereocenters. The van der Waals surface area contributed by atoms with E-state index in [9.17, 15) is 39.0 Å². The molecule has 5 amide bonds. The van der Waals surface area contributed by atoms with Crippen LogP contribution >= 0.6 is 11.8 Å². The van der Waals surface area contributed by atoms with Crippen molar-refractivity contribution in [2.24, 2.45) is 0 Å². The first-order chi connectivity index (χ1) is 17.4. The Balaban J connectivity index is 1.82. The Morgan fingerprint density at radius 3 is 2.27 bits per heavy atom. The molecule has 2 fully saturated rings. The van der Waals surface area contributed by atoms with Crippen molar-refractivity contribution in [2.45, 2.75) is 49.0 Å². The maximum Gasteiger partial charge on any atom is 0.328 e. The van der Waals surface area contributed by atoms with Crippen LogP contribution < -0.4 is 16.0 Å². The molecule has 3 rings (SSSR count). The minimum atomic E-state index is -1.54. The molecule has 14 heteroatoms. The number of thioether (sulfide) groups is 1. The van der Waals surface area contributed by atoms with Crippen molar-refractivity contribution < 1.29 is 39.0 Å². The van der Waals surface area contributed by atoms with Crippen LogP contribution in [0.3, 0.4) is 0 Å². The number of nitrogens with one attached hydrogen (secondary N) is 3. The molecule has 5 N–H and O–H groups in total. The first kappa shape index (κ1) is 27.9. The van der Waals surface area contributed by atoms with Gasteiger partial charge in [0.15, 0.2) is 6.04 Å². The van der Waals surface area contributed by atoms with E-state index in [0.29, 0.717) is 17.0 Å². The minimum absolute atomic E-state index is 0.0700. The summed E-state index contributed by atoms with van der Waals surface area (Å²) in [7, 11) is 0. The minimum Gasteiger partial charge on any atom is -0.480 e. The lowest BCUT2D eigenvalue weighted by molar-refractivity contribution is -0.153. The second kappa shape index (κ2) is 11.2. The second-order valence-electron chi connectivity index (χ2n) is 9.04. The first-order valence-corrected chi connectivity index (χ1v) is 12.4. The van der Waals surface area contributed by atoms with Gasteiger partial charge in [0.2, 0.25) is 5.91 Å². The molecule has 0 bridgehead atoms. The molecule has 37 heavy (non-hydrogen) atoms. The molecule has 3 unspecified atom stereocenters. The number of imide groups is 1. The molecule has 1 aromatic carbocycles. The van der Waals surface area contributed by atoms with Crippen molar-refractivity contribution in [3.8, 4) is 0 Å². The number of piperazine rings is 1. The molecule has 2 heterocycles. The summed E-state index contributed by atoms with van der Waals surface area (Å²) in [6, 6.07) is 2.99. The SMILES string of the molecule is CCN1CCN(C(=O)NC(C(=O)NC(C(=O)O)C2N[C@@H](C(=O)O)C(C)(C)S2)c2ccccc2)C(=O)C1=O. The molecule has 0 spiro atoms. The normalized spacial score (nSPS) is 22.8. The van der Waals surface area contributed by atoms with Crippen LogP contribution in [0.1, 0.15) is 32.4 Å². The number of urea groups is 1. The third-order valence-corrected chi connectivity index (χ3v) is 7.67. The number of hydrogen-bond donors (Lipinski definition) is 5. The Hall–Kier alpha value is -3.65. The van der Waals surface area contributed by atoms with E-state index in [2.05, 4.69) is 16.0 Å². The molecule has 1 aromatic rings. The summed E-state index contributed by atoms with van der Waals surface area (Å²) < 4.78 is -0.866. The van der Waals surface area contributed by atoms with Crippen molar-refractivity contribution in [1.82, 2.24) is 25.8 Å². The van der Waals surface area contributed by atoms with Gasteiger partial charge in [0.05, 0.1) is 5.37 Å². The molecule has 0 aromatic heterocycles. The standard InChI is InChI=1S/C23H29N5O8S/c1-4-27-10-11-28(19(31)18(27)30)22(36)25-13(12-8-6-5-7-9-12)16(29)24-14(20(32)33)17-26-15(21(34)35)23(2,3)37-17/h5-9,13-15,17,26H,4,10-11H2,1-3H3,(H,24,29)(H,25,36)(H,32,33)(H,34,35)/t13?,14?,15-,17?/m0/s1. The maximum atomic E-state index is 13.3. The van der Waals surface area contributed by atoms with Crippen LogP contribution in [0.4, 0.5) is 4.79 Å².